The molecular formula is C13H17NO. The molecule has 1 aromatic carbocycles. The van der Waals surface area contributed by atoms with Gasteiger partial charge in [0.05, 0.1) is 0 Å². The third-order valence-corrected chi connectivity index (χ3v) is 2.62. The zero-order valence-electron chi connectivity index (χ0n) is 9.12. The number of fused-ring (bicyclic) bond motifs is 1. The molecule has 80 valence electrons. The minimum absolute atomic E-state index is 0.785. The Hall–Kier alpha value is -1.28. The molecule has 0 radical (unpaired) electrons. The highest BCUT2D eigenvalue weighted by molar-refractivity contribution is 5.78. The number of furan rings is 1. The maximum absolute atomic E-state index is 5.53. The molecule has 0 aliphatic rings. The van der Waals surface area contributed by atoms with Crippen molar-refractivity contribution in [3.63, 3.8) is 0 Å². The molecule has 0 atom stereocenters. The van der Waals surface area contributed by atoms with Gasteiger partial charge in [-0.2, -0.15) is 0 Å². The molecule has 0 unspecified atom stereocenters. The van der Waals surface area contributed by atoms with Crippen molar-refractivity contribution in [2.24, 2.45) is 5.73 Å². The number of hydrogen-bond acceptors (Lipinski definition) is 2. The minimum Gasteiger partial charge on any atom is -0.461 e. The second kappa shape index (κ2) is 4.49. The van der Waals surface area contributed by atoms with Crippen LogP contribution in [0.3, 0.4) is 0 Å². The molecule has 2 heteroatoms. The number of rotatable bonds is 4. The number of aryl methyl sites for hydroxylation is 2. The molecule has 0 amide bonds. The van der Waals surface area contributed by atoms with Crippen LogP contribution in [0, 0.1) is 6.92 Å². The SMILES string of the molecule is Cc1cc2cc(CCCCN)ccc2o1. The van der Waals surface area contributed by atoms with Crippen molar-refractivity contribution in [3.05, 3.63) is 35.6 Å². The van der Waals surface area contributed by atoms with Crippen LogP contribution in [-0.4, -0.2) is 6.54 Å². The van der Waals surface area contributed by atoms with Gasteiger partial charge in [0.2, 0.25) is 0 Å². The molecule has 0 saturated heterocycles. The first-order valence-corrected chi connectivity index (χ1v) is 5.49. The largest absolute Gasteiger partial charge is 0.461 e. The van der Waals surface area contributed by atoms with Crippen molar-refractivity contribution in [1.82, 2.24) is 0 Å². The Kier molecular flexibility index (Phi) is 3.07. The molecule has 1 aromatic heterocycles. The maximum Gasteiger partial charge on any atom is 0.134 e. The monoisotopic (exact) mass is 203 g/mol. The van der Waals surface area contributed by atoms with Crippen LogP contribution in [0.5, 0.6) is 0 Å². The van der Waals surface area contributed by atoms with Crippen LogP contribution in [0.15, 0.2) is 28.7 Å². The van der Waals surface area contributed by atoms with E-state index in [0.29, 0.717) is 0 Å². The molecule has 0 aliphatic heterocycles. The van der Waals surface area contributed by atoms with Gasteiger partial charge in [0, 0.05) is 5.39 Å². The molecule has 0 saturated carbocycles. The van der Waals surface area contributed by atoms with E-state index in [9.17, 15) is 0 Å². The molecule has 0 aliphatic carbocycles. The highest BCUT2D eigenvalue weighted by atomic mass is 16.3. The van der Waals surface area contributed by atoms with E-state index >= 15 is 0 Å². The van der Waals surface area contributed by atoms with E-state index in [2.05, 4.69) is 24.3 Å². The fraction of sp³-hybridized carbons (Fsp3) is 0.385. The van der Waals surface area contributed by atoms with Crippen molar-refractivity contribution in [2.45, 2.75) is 26.2 Å². The lowest BCUT2D eigenvalue weighted by Crippen LogP contribution is -1.98. The number of unbranched alkanes of at least 4 members (excludes halogenated alkanes) is 1. The molecule has 2 nitrogen and oxygen atoms in total. The molecule has 2 rings (SSSR count). The van der Waals surface area contributed by atoms with E-state index < -0.39 is 0 Å². The average Bonchev–Trinajstić information content (AvgIpc) is 2.57. The van der Waals surface area contributed by atoms with Gasteiger partial charge in [-0.25, -0.2) is 0 Å². The zero-order chi connectivity index (χ0) is 10.7. The molecule has 1 heterocycles. The van der Waals surface area contributed by atoms with Crippen molar-refractivity contribution >= 4 is 11.0 Å². The van der Waals surface area contributed by atoms with Crippen LogP contribution in [0.2, 0.25) is 0 Å². The van der Waals surface area contributed by atoms with Gasteiger partial charge in [-0.15, -0.1) is 0 Å². The first-order valence-electron chi connectivity index (χ1n) is 5.49. The summed E-state index contributed by atoms with van der Waals surface area (Å²) in [6.07, 6.45) is 3.37. The van der Waals surface area contributed by atoms with Crippen LogP contribution >= 0.6 is 0 Å². The van der Waals surface area contributed by atoms with E-state index in [4.69, 9.17) is 10.2 Å². The van der Waals surface area contributed by atoms with E-state index in [0.717, 1.165) is 30.7 Å². The van der Waals surface area contributed by atoms with E-state index in [1.807, 2.05) is 6.92 Å². The van der Waals surface area contributed by atoms with Crippen LogP contribution in [0.25, 0.3) is 11.0 Å². The number of nitrogens with two attached hydrogens (primary N) is 1. The Morgan fingerprint density at radius 1 is 1.20 bits per heavy atom. The van der Waals surface area contributed by atoms with Gasteiger partial charge in [-0.3, -0.25) is 0 Å². The second-order valence-corrected chi connectivity index (χ2v) is 3.98. The standard InChI is InChI=1S/C13H17NO/c1-10-8-12-9-11(4-2-3-7-14)5-6-13(12)15-10/h5-6,8-9H,2-4,7,14H2,1H3. The molecule has 2 N–H and O–H groups in total. The second-order valence-electron chi connectivity index (χ2n) is 3.98. The zero-order valence-corrected chi connectivity index (χ0v) is 9.12. The Balaban J connectivity index is 2.15. The lowest BCUT2D eigenvalue weighted by molar-refractivity contribution is 0.578. The third kappa shape index (κ3) is 2.39. The molecule has 0 spiro atoms. The van der Waals surface area contributed by atoms with Gasteiger partial charge in [0.15, 0.2) is 0 Å². The van der Waals surface area contributed by atoms with Crippen LogP contribution < -0.4 is 5.73 Å². The molecular weight excluding hydrogens is 186 g/mol. The fourth-order valence-electron chi connectivity index (χ4n) is 1.85. The van der Waals surface area contributed by atoms with Crippen LogP contribution in [0.4, 0.5) is 0 Å². The summed E-state index contributed by atoms with van der Waals surface area (Å²) in [6.45, 7) is 2.77. The van der Waals surface area contributed by atoms with Gasteiger partial charge < -0.3 is 10.2 Å². The smallest absolute Gasteiger partial charge is 0.134 e. The van der Waals surface area contributed by atoms with E-state index in [1.165, 1.54) is 17.4 Å². The van der Waals surface area contributed by atoms with Crippen LogP contribution in [0.1, 0.15) is 24.2 Å². The molecule has 15 heavy (non-hydrogen) atoms. The normalized spacial score (nSPS) is 11.1. The Bertz CT molecular complexity index is 445. The predicted molar refractivity (Wildman–Crippen MR) is 62.9 cm³/mol. The van der Waals surface area contributed by atoms with E-state index in [-0.39, 0.29) is 0 Å². The first-order chi connectivity index (χ1) is 7.29. The topological polar surface area (TPSA) is 39.2 Å². The lowest BCUT2D eigenvalue weighted by Gasteiger charge is -1.99. The van der Waals surface area contributed by atoms with Gasteiger partial charge >= 0.3 is 0 Å². The molecule has 0 bridgehead atoms. The predicted octanol–water partition coefficient (Wildman–Crippen LogP) is 3.02. The van der Waals surface area contributed by atoms with Crippen molar-refractivity contribution in [1.29, 1.82) is 0 Å². The summed E-state index contributed by atoms with van der Waals surface area (Å²) >= 11 is 0. The quantitative estimate of drug-likeness (QED) is 0.776. The van der Waals surface area contributed by atoms with Gasteiger partial charge in [-0.05, 0) is 56.5 Å². The van der Waals surface area contributed by atoms with Crippen LogP contribution in [-0.2, 0) is 6.42 Å². The van der Waals surface area contributed by atoms with Crippen molar-refractivity contribution in [2.75, 3.05) is 6.54 Å². The Morgan fingerprint density at radius 3 is 2.87 bits per heavy atom. The van der Waals surface area contributed by atoms with Gasteiger partial charge in [-0.1, -0.05) is 6.07 Å². The Labute approximate surface area is 90.1 Å². The third-order valence-electron chi connectivity index (χ3n) is 2.62. The summed E-state index contributed by atoms with van der Waals surface area (Å²) in [6, 6.07) is 8.49. The van der Waals surface area contributed by atoms with Crippen molar-refractivity contribution < 1.29 is 4.42 Å². The summed E-state index contributed by atoms with van der Waals surface area (Å²) in [4.78, 5) is 0. The highest BCUT2D eigenvalue weighted by Gasteiger charge is 2.01. The minimum atomic E-state index is 0.785. The summed E-state index contributed by atoms with van der Waals surface area (Å²) in [5.41, 5.74) is 7.83. The molecule has 2 aromatic rings. The van der Waals surface area contributed by atoms with Gasteiger partial charge in [0.1, 0.15) is 11.3 Å². The molecule has 0 fully saturated rings. The van der Waals surface area contributed by atoms with Gasteiger partial charge in [0.25, 0.3) is 0 Å². The highest BCUT2D eigenvalue weighted by Crippen LogP contribution is 2.20. The first kappa shape index (κ1) is 10.2. The summed E-state index contributed by atoms with van der Waals surface area (Å²) < 4.78 is 5.53. The summed E-state index contributed by atoms with van der Waals surface area (Å²) in [7, 11) is 0. The number of benzene rings is 1. The maximum atomic E-state index is 5.53. The summed E-state index contributed by atoms with van der Waals surface area (Å²) in [5, 5.41) is 1.21. The number of hydrogen-bond donors (Lipinski definition) is 1. The lowest BCUT2D eigenvalue weighted by atomic mass is 10.1. The van der Waals surface area contributed by atoms with E-state index in [1.54, 1.807) is 0 Å². The fourth-order valence-corrected chi connectivity index (χ4v) is 1.85. The average molecular weight is 203 g/mol. The summed E-state index contributed by atoms with van der Waals surface area (Å²) in [5.74, 6) is 0.976. The van der Waals surface area contributed by atoms with Crippen molar-refractivity contribution in [3.8, 4) is 0 Å². The Morgan fingerprint density at radius 2 is 2.07 bits per heavy atom.